The van der Waals surface area contributed by atoms with E-state index in [2.05, 4.69) is 15.5 Å². The molecule has 140 valence electrons. The standard InChI is InChI=1S/C17H15ClN4O5/c1-10(23)8-16(24)19-14-9-11(27-2)6-7-13(14)20-21-17-12(18)4-3-5-15(17)22(25)26/h3-7,9H,8H2,1-2H3,(H,19,24). The predicted octanol–water partition coefficient (Wildman–Crippen LogP) is 4.59. The average Bonchev–Trinajstić information content (AvgIpc) is 2.60. The highest BCUT2D eigenvalue weighted by Gasteiger charge is 2.17. The van der Waals surface area contributed by atoms with E-state index in [1.807, 2.05) is 0 Å². The first-order valence-electron chi connectivity index (χ1n) is 7.63. The van der Waals surface area contributed by atoms with Gasteiger partial charge in [-0.15, -0.1) is 10.2 Å². The molecule has 27 heavy (non-hydrogen) atoms. The molecule has 2 aromatic rings. The summed E-state index contributed by atoms with van der Waals surface area (Å²) in [6, 6.07) is 8.72. The van der Waals surface area contributed by atoms with Gasteiger partial charge in [-0.3, -0.25) is 19.7 Å². The third kappa shape index (κ3) is 5.32. The van der Waals surface area contributed by atoms with Crippen LogP contribution in [0.25, 0.3) is 0 Å². The van der Waals surface area contributed by atoms with Gasteiger partial charge in [-0.05, 0) is 25.1 Å². The molecule has 1 amide bonds. The van der Waals surface area contributed by atoms with Crippen LogP contribution in [0, 0.1) is 10.1 Å². The molecule has 0 spiro atoms. The van der Waals surface area contributed by atoms with E-state index in [1.54, 1.807) is 6.07 Å². The highest BCUT2D eigenvalue weighted by Crippen LogP contribution is 2.37. The van der Waals surface area contributed by atoms with Crippen molar-refractivity contribution in [1.82, 2.24) is 0 Å². The third-order valence-electron chi connectivity index (χ3n) is 3.31. The molecule has 2 aromatic carbocycles. The van der Waals surface area contributed by atoms with Crippen LogP contribution in [0.2, 0.25) is 5.02 Å². The second-order valence-electron chi connectivity index (χ2n) is 5.37. The fraction of sp³-hybridized carbons (Fsp3) is 0.176. The van der Waals surface area contributed by atoms with Crippen LogP contribution in [0.5, 0.6) is 5.75 Å². The van der Waals surface area contributed by atoms with Crippen LogP contribution in [0.4, 0.5) is 22.7 Å². The summed E-state index contributed by atoms with van der Waals surface area (Å²) < 4.78 is 5.10. The molecule has 0 saturated heterocycles. The first-order chi connectivity index (χ1) is 12.8. The van der Waals surface area contributed by atoms with E-state index in [1.165, 1.54) is 44.4 Å². The van der Waals surface area contributed by atoms with Crippen molar-refractivity contribution in [2.24, 2.45) is 10.2 Å². The number of nitrogens with one attached hydrogen (secondary N) is 1. The Hall–Kier alpha value is -3.33. The molecule has 0 unspecified atom stereocenters. The van der Waals surface area contributed by atoms with Crippen LogP contribution < -0.4 is 10.1 Å². The summed E-state index contributed by atoms with van der Waals surface area (Å²) >= 11 is 5.98. The molecule has 0 fully saturated rings. The topological polar surface area (TPSA) is 123 Å². The van der Waals surface area contributed by atoms with Crippen molar-refractivity contribution in [2.75, 3.05) is 12.4 Å². The lowest BCUT2D eigenvalue weighted by Crippen LogP contribution is -2.14. The van der Waals surface area contributed by atoms with Crippen LogP contribution in [0.15, 0.2) is 46.6 Å². The molecule has 0 aliphatic carbocycles. The van der Waals surface area contributed by atoms with E-state index in [0.717, 1.165) is 0 Å². The van der Waals surface area contributed by atoms with Crippen molar-refractivity contribution in [3.63, 3.8) is 0 Å². The van der Waals surface area contributed by atoms with E-state index in [4.69, 9.17) is 16.3 Å². The van der Waals surface area contributed by atoms with E-state index in [-0.39, 0.29) is 40.0 Å². The van der Waals surface area contributed by atoms with Crippen LogP contribution in [-0.2, 0) is 9.59 Å². The molecule has 0 aromatic heterocycles. The van der Waals surface area contributed by atoms with Gasteiger partial charge < -0.3 is 10.1 Å². The Kier molecular flexibility index (Phi) is 6.56. The van der Waals surface area contributed by atoms with Crippen molar-refractivity contribution in [3.8, 4) is 5.75 Å². The smallest absolute Gasteiger partial charge is 0.298 e. The highest BCUT2D eigenvalue weighted by molar-refractivity contribution is 6.33. The van der Waals surface area contributed by atoms with Crippen molar-refractivity contribution in [2.45, 2.75) is 13.3 Å². The largest absolute Gasteiger partial charge is 0.497 e. The first kappa shape index (κ1) is 20.0. The fourth-order valence-electron chi connectivity index (χ4n) is 2.10. The van der Waals surface area contributed by atoms with E-state index in [9.17, 15) is 19.7 Å². The number of rotatable bonds is 7. The van der Waals surface area contributed by atoms with Gasteiger partial charge in [0, 0.05) is 12.1 Å². The number of benzene rings is 2. The monoisotopic (exact) mass is 390 g/mol. The van der Waals surface area contributed by atoms with Crippen LogP contribution in [0.3, 0.4) is 0 Å². The van der Waals surface area contributed by atoms with Gasteiger partial charge in [0.2, 0.25) is 5.91 Å². The molecule has 0 saturated carbocycles. The lowest BCUT2D eigenvalue weighted by atomic mass is 10.2. The SMILES string of the molecule is COc1ccc(N=Nc2c(Cl)cccc2[N+](=O)[O-])c(NC(=O)CC(C)=O)c1. The number of carbonyl (C=O) groups is 2. The Labute approximate surface area is 159 Å². The first-order valence-corrected chi connectivity index (χ1v) is 8.01. The number of nitro groups is 1. The maximum atomic E-state index is 11.9. The summed E-state index contributed by atoms with van der Waals surface area (Å²) in [6.45, 7) is 1.29. The molecular weight excluding hydrogens is 376 g/mol. The molecule has 0 heterocycles. The van der Waals surface area contributed by atoms with Gasteiger partial charge >= 0.3 is 0 Å². The van der Waals surface area contributed by atoms with E-state index < -0.39 is 10.8 Å². The zero-order valence-electron chi connectivity index (χ0n) is 14.4. The van der Waals surface area contributed by atoms with Crippen molar-refractivity contribution in [1.29, 1.82) is 0 Å². The van der Waals surface area contributed by atoms with Crippen molar-refractivity contribution in [3.05, 3.63) is 51.5 Å². The Bertz CT molecular complexity index is 930. The van der Waals surface area contributed by atoms with Gasteiger partial charge in [-0.25, -0.2) is 0 Å². The number of hydrogen-bond acceptors (Lipinski definition) is 7. The quantitative estimate of drug-likeness (QED) is 0.320. The van der Waals surface area contributed by atoms with Crippen LogP contribution in [0.1, 0.15) is 13.3 Å². The molecule has 0 bridgehead atoms. The molecule has 0 aliphatic heterocycles. The van der Waals surface area contributed by atoms with Crippen molar-refractivity contribution >= 4 is 46.0 Å². The number of azo groups is 1. The van der Waals surface area contributed by atoms with Gasteiger partial charge in [0.05, 0.1) is 29.2 Å². The minimum atomic E-state index is -0.621. The van der Waals surface area contributed by atoms with Crippen LogP contribution in [-0.4, -0.2) is 23.7 Å². The summed E-state index contributed by atoms with van der Waals surface area (Å²) in [6.07, 6.45) is -0.302. The Morgan fingerprint density at radius 2 is 2.00 bits per heavy atom. The zero-order chi connectivity index (χ0) is 20.0. The average molecular weight is 391 g/mol. The number of hydrogen-bond donors (Lipinski definition) is 1. The van der Waals surface area contributed by atoms with Gasteiger partial charge in [-0.2, -0.15) is 0 Å². The van der Waals surface area contributed by atoms with Gasteiger partial charge in [0.25, 0.3) is 5.69 Å². The molecule has 2 rings (SSSR count). The number of nitro benzene ring substituents is 1. The van der Waals surface area contributed by atoms with E-state index in [0.29, 0.717) is 5.75 Å². The van der Waals surface area contributed by atoms with Crippen LogP contribution >= 0.6 is 11.6 Å². The summed E-state index contributed by atoms with van der Waals surface area (Å²) in [5.74, 6) is -0.392. The summed E-state index contributed by atoms with van der Waals surface area (Å²) in [5, 5.41) is 21.6. The summed E-state index contributed by atoms with van der Waals surface area (Å²) in [7, 11) is 1.45. The number of carbonyl (C=O) groups excluding carboxylic acids is 2. The minimum Gasteiger partial charge on any atom is -0.497 e. The highest BCUT2D eigenvalue weighted by atomic mass is 35.5. The van der Waals surface area contributed by atoms with Gasteiger partial charge in [0.15, 0.2) is 5.69 Å². The lowest BCUT2D eigenvalue weighted by molar-refractivity contribution is -0.384. The molecule has 1 N–H and O–H groups in total. The fourth-order valence-corrected chi connectivity index (χ4v) is 2.31. The number of halogens is 1. The number of Topliss-reactive ketones (excluding diaryl/α,β-unsaturated/α-hetero) is 1. The third-order valence-corrected chi connectivity index (χ3v) is 3.61. The molecule has 0 atom stereocenters. The number of methoxy groups -OCH3 is 1. The number of ether oxygens (including phenoxy) is 1. The predicted molar refractivity (Wildman–Crippen MR) is 99.2 cm³/mol. The summed E-state index contributed by atoms with van der Waals surface area (Å²) in [4.78, 5) is 33.5. The number of nitrogens with zero attached hydrogens (tertiary/aromatic N) is 3. The molecular formula is C17H15ClN4O5. The number of anilines is 1. The Morgan fingerprint density at radius 3 is 2.63 bits per heavy atom. The zero-order valence-corrected chi connectivity index (χ0v) is 15.2. The number of amides is 1. The minimum absolute atomic E-state index is 0.0589. The Balaban J connectivity index is 2.41. The molecule has 10 heteroatoms. The van der Waals surface area contributed by atoms with E-state index >= 15 is 0 Å². The maximum Gasteiger partial charge on any atom is 0.298 e. The summed E-state index contributed by atoms with van der Waals surface area (Å²) in [5.41, 5.74) is 0.0314. The molecule has 9 nitrogen and oxygen atoms in total. The molecule has 0 radical (unpaired) electrons. The second-order valence-corrected chi connectivity index (χ2v) is 5.78. The van der Waals surface area contributed by atoms with Crippen molar-refractivity contribution < 1.29 is 19.2 Å². The molecule has 0 aliphatic rings. The van der Waals surface area contributed by atoms with Gasteiger partial charge in [-0.1, -0.05) is 17.7 Å². The second kappa shape index (κ2) is 8.86. The Morgan fingerprint density at radius 1 is 1.26 bits per heavy atom. The number of ketones is 1. The maximum absolute atomic E-state index is 11.9. The lowest BCUT2D eigenvalue weighted by Gasteiger charge is -2.09. The van der Waals surface area contributed by atoms with Gasteiger partial charge in [0.1, 0.15) is 17.2 Å². The normalized spacial score (nSPS) is 10.6.